The fourth-order valence-electron chi connectivity index (χ4n) is 1.76. The number of carbonyl (C=O) groups is 1. The maximum atomic E-state index is 13.6. The zero-order chi connectivity index (χ0) is 16.2. The average Bonchev–Trinajstić information content (AvgIpc) is 2.35. The van der Waals surface area contributed by atoms with Gasteiger partial charge in [0.2, 0.25) is 15.9 Å². The summed E-state index contributed by atoms with van der Waals surface area (Å²) in [7, 11) is -4.10. The smallest absolute Gasteiger partial charge is 0.244 e. The molecule has 1 atom stereocenters. The Morgan fingerprint density at radius 2 is 1.71 bits per heavy atom. The van der Waals surface area contributed by atoms with Gasteiger partial charge in [-0.15, -0.1) is 0 Å². The molecular formula is C14H21FN2O3S. The summed E-state index contributed by atoms with van der Waals surface area (Å²) in [4.78, 5) is 11.6. The summed E-state index contributed by atoms with van der Waals surface area (Å²) in [5.41, 5.74) is 0. The molecule has 0 heterocycles. The Morgan fingerprint density at radius 3 is 2.19 bits per heavy atom. The van der Waals surface area contributed by atoms with Crippen LogP contribution < -0.4 is 10.0 Å². The number of benzene rings is 1. The van der Waals surface area contributed by atoms with E-state index >= 15 is 0 Å². The third-order valence-electron chi connectivity index (χ3n) is 2.79. The van der Waals surface area contributed by atoms with Crippen LogP contribution in [-0.4, -0.2) is 26.4 Å². The highest BCUT2D eigenvalue weighted by Crippen LogP contribution is 2.15. The van der Waals surface area contributed by atoms with Gasteiger partial charge in [-0.2, -0.15) is 4.72 Å². The molecule has 0 aliphatic rings. The second kappa shape index (κ2) is 7.00. The highest BCUT2D eigenvalue weighted by molar-refractivity contribution is 7.89. The lowest BCUT2D eigenvalue weighted by molar-refractivity contribution is -0.124. The van der Waals surface area contributed by atoms with E-state index in [4.69, 9.17) is 0 Å². The summed E-state index contributed by atoms with van der Waals surface area (Å²) < 4.78 is 40.4. The van der Waals surface area contributed by atoms with Crippen molar-refractivity contribution in [2.24, 2.45) is 5.92 Å². The third-order valence-corrected chi connectivity index (χ3v) is 4.26. The lowest BCUT2D eigenvalue weighted by Gasteiger charge is -2.23. The van der Waals surface area contributed by atoms with Crippen molar-refractivity contribution in [1.29, 1.82) is 0 Å². The predicted octanol–water partition coefficient (Wildman–Crippen LogP) is 1.65. The first kappa shape index (κ1) is 17.6. The molecule has 1 aromatic carbocycles. The zero-order valence-electron chi connectivity index (χ0n) is 12.6. The van der Waals surface area contributed by atoms with E-state index in [1.807, 2.05) is 0 Å². The number of hydrogen-bond acceptors (Lipinski definition) is 3. The normalized spacial score (nSPS) is 13.5. The van der Waals surface area contributed by atoms with Crippen LogP contribution >= 0.6 is 0 Å². The number of sulfonamides is 1. The molecule has 5 nitrogen and oxygen atoms in total. The molecule has 0 radical (unpaired) electrons. The van der Waals surface area contributed by atoms with Gasteiger partial charge in [-0.25, -0.2) is 12.8 Å². The number of amides is 1. The highest BCUT2D eigenvalue weighted by atomic mass is 32.2. The summed E-state index contributed by atoms with van der Waals surface area (Å²) in [5.74, 6) is -1.55. The van der Waals surface area contributed by atoms with E-state index in [2.05, 4.69) is 10.0 Å². The Kier molecular flexibility index (Phi) is 5.86. The van der Waals surface area contributed by atoms with Gasteiger partial charge in [-0.1, -0.05) is 26.0 Å². The van der Waals surface area contributed by atoms with E-state index in [-0.39, 0.29) is 12.0 Å². The summed E-state index contributed by atoms with van der Waals surface area (Å²) >= 11 is 0. The quantitative estimate of drug-likeness (QED) is 0.838. The van der Waals surface area contributed by atoms with Crippen molar-refractivity contribution >= 4 is 15.9 Å². The van der Waals surface area contributed by atoms with Gasteiger partial charge in [0.05, 0.1) is 0 Å². The minimum atomic E-state index is -4.10. The maximum absolute atomic E-state index is 13.6. The third kappa shape index (κ3) is 4.78. The lowest BCUT2D eigenvalue weighted by atomic mass is 10.0. The number of rotatable bonds is 6. The topological polar surface area (TPSA) is 75.3 Å². The Morgan fingerprint density at radius 1 is 1.14 bits per heavy atom. The number of carbonyl (C=O) groups excluding carboxylic acids is 1. The van der Waals surface area contributed by atoms with E-state index in [0.29, 0.717) is 0 Å². The number of nitrogens with one attached hydrogen (secondary N) is 2. The van der Waals surface area contributed by atoms with Gasteiger partial charge >= 0.3 is 0 Å². The molecule has 0 aliphatic heterocycles. The van der Waals surface area contributed by atoms with Gasteiger partial charge in [0.15, 0.2) is 0 Å². The van der Waals surface area contributed by atoms with E-state index < -0.39 is 32.7 Å². The molecule has 2 N–H and O–H groups in total. The van der Waals surface area contributed by atoms with Crippen molar-refractivity contribution in [2.45, 2.75) is 44.7 Å². The zero-order valence-corrected chi connectivity index (χ0v) is 13.4. The summed E-state index contributed by atoms with van der Waals surface area (Å²) in [6.45, 7) is 6.99. The van der Waals surface area contributed by atoms with Gasteiger partial charge in [-0.05, 0) is 31.9 Å². The molecule has 1 aromatic rings. The molecule has 1 rings (SSSR count). The van der Waals surface area contributed by atoms with E-state index in [0.717, 1.165) is 12.1 Å². The fraction of sp³-hybridized carbons (Fsp3) is 0.500. The molecular weight excluding hydrogens is 295 g/mol. The van der Waals surface area contributed by atoms with Gasteiger partial charge in [0.1, 0.15) is 16.8 Å². The monoisotopic (exact) mass is 316 g/mol. The summed E-state index contributed by atoms with van der Waals surface area (Å²) in [6.07, 6.45) is 0. The molecule has 7 heteroatoms. The SMILES string of the molecule is CC(C)NC(=O)[C@@H](NS(=O)(=O)c1ccccc1F)C(C)C. The molecule has 0 bridgehead atoms. The van der Waals surface area contributed by atoms with Crippen molar-refractivity contribution in [3.63, 3.8) is 0 Å². The van der Waals surface area contributed by atoms with Crippen molar-refractivity contribution < 1.29 is 17.6 Å². The maximum Gasteiger partial charge on any atom is 0.244 e. The van der Waals surface area contributed by atoms with Crippen molar-refractivity contribution in [3.8, 4) is 0 Å². The van der Waals surface area contributed by atoms with Crippen molar-refractivity contribution in [1.82, 2.24) is 10.0 Å². The van der Waals surface area contributed by atoms with E-state index in [9.17, 15) is 17.6 Å². The Balaban J connectivity index is 3.04. The predicted molar refractivity (Wildman–Crippen MR) is 78.6 cm³/mol. The van der Waals surface area contributed by atoms with Gasteiger partial charge in [-0.3, -0.25) is 4.79 Å². The van der Waals surface area contributed by atoms with Crippen LogP contribution in [-0.2, 0) is 14.8 Å². The Bertz CT molecular complexity index is 600. The van der Waals surface area contributed by atoms with Crippen LogP contribution in [0.15, 0.2) is 29.2 Å². The van der Waals surface area contributed by atoms with Crippen LogP contribution in [0.2, 0.25) is 0 Å². The summed E-state index contributed by atoms with van der Waals surface area (Å²) in [6, 6.07) is 3.98. The van der Waals surface area contributed by atoms with Crippen LogP contribution in [0.4, 0.5) is 4.39 Å². The van der Waals surface area contributed by atoms with Crippen molar-refractivity contribution in [2.75, 3.05) is 0 Å². The molecule has 21 heavy (non-hydrogen) atoms. The second-order valence-electron chi connectivity index (χ2n) is 5.44. The van der Waals surface area contributed by atoms with Gasteiger partial charge in [0.25, 0.3) is 0 Å². The first-order chi connectivity index (χ1) is 9.65. The molecule has 0 aromatic heterocycles. The Labute approximate surface area is 125 Å². The van der Waals surface area contributed by atoms with Crippen LogP contribution in [0, 0.1) is 11.7 Å². The van der Waals surface area contributed by atoms with Crippen LogP contribution in [0.25, 0.3) is 0 Å². The number of halogens is 1. The number of hydrogen-bond donors (Lipinski definition) is 2. The van der Waals surface area contributed by atoms with E-state index in [1.54, 1.807) is 27.7 Å². The molecule has 0 saturated carbocycles. The molecule has 0 aliphatic carbocycles. The van der Waals surface area contributed by atoms with E-state index in [1.165, 1.54) is 12.1 Å². The first-order valence-electron chi connectivity index (χ1n) is 6.72. The lowest BCUT2D eigenvalue weighted by Crippen LogP contribution is -2.51. The molecule has 1 amide bonds. The van der Waals surface area contributed by atoms with Crippen LogP contribution in [0.5, 0.6) is 0 Å². The van der Waals surface area contributed by atoms with Gasteiger partial charge in [0, 0.05) is 6.04 Å². The molecule has 0 unspecified atom stereocenters. The van der Waals surface area contributed by atoms with Crippen molar-refractivity contribution in [3.05, 3.63) is 30.1 Å². The molecule has 118 valence electrons. The molecule has 0 saturated heterocycles. The highest BCUT2D eigenvalue weighted by Gasteiger charge is 2.29. The van der Waals surface area contributed by atoms with Crippen LogP contribution in [0.3, 0.4) is 0 Å². The molecule has 0 spiro atoms. The van der Waals surface area contributed by atoms with Gasteiger partial charge < -0.3 is 5.32 Å². The largest absolute Gasteiger partial charge is 0.353 e. The fourth-order valence-corrected chi connectivity index (χ4v) is 3.18. The molecule has 0 fully saturated rings. The summed E-state index contributed by atoms with van der Waals surface area (Å²) in [5, 5.41) is 2.65. The average molecular weight is 316 g/mol. The Hall–Kier alpha value is -1.47. The standard InChI is InChI=1S/C14H21FN2O3S/c1-9(2)13(14(18)16-10(3)4)17-21(19,20)12-8-6-5-7-11(12)15/h5-10,13,17H,1-4H3,(H,16,18)/t13-/m0/s1. The second-order valence-corrected chi connectivity index (χ2v) is 7.12. The minimum absolute atomic E-state index is 0.114. The van der Waals surface area contributed by atoms with Crippen LogP contribution in [0.1, 0.15) is 27.7 Å². The minimum Gasteiger partial charge on any atom is -0.353 e. The first-order valence-corrected chi connectivity index (χ1v) is 8.20.